The van der Waals surface area contributed by atoms with Gasteiger partial charge in [0.05, 0.1) is 0 Å². The molecule has 2 heterocycles. The van der Waals surface area contributed by atoms with Crippen molar-refractivity contribution < 1.29 is 13.6 Å². The number of thioether (sulfide) groups is 1. The van der Waals surface area contributed by atoms with Gasteiger partial charge in [0.25, 0.3) is 5.56 Å². The zero-order chi connectivity index (χ0) is 19.4. The minimum absolute atomic E-state index is 0.117. The van der Waals surface area contributed by atoms with Crippen LogP contribution >= 0.6 is 11.8 Å². The van der Waals surface area contributed by atoms with Crippen molar-refractivity contribution in [1.82, 2.24) is 14.5 Å². The first-order valence-electron chi connectivity index (χ1n) is 8.58. The summed E-state index contributed by atoms with van der Waals surface area (Å²) in [6.07, 6.45) is 2.00. The molecule has 3 rings (SSSR count). The molecular formula is C18H19F2N3O3S. The average Bonchev–Trinajstić information content (AvgIpc) is 2.89. The van der Waals surface area contributed by atoms with Gasteiger partial charge in [-0.15, -0.1) is 0 Å². The van der Waals surface area contributed by atoms with Gasteiger partial charge in [0.15, 0.2) is 0 Å². The normalized spacial score (nSPS) is 17.6. The summed E-state index contributed by atoms with van der Waals surface area (Å²) in [5, 5.41) is -0.208. The fourth-order valence-electron chi connectivity index (χ4n) is 3.02. The van der Waals surface area contributed by atoms with Crippen LogP contribution in [0.5, 0.6) is 0 Å². The molecule has 2 aromatic rings. The Hall–Kier alpha value is -2.42. The van der Waals surface area contributed by atoms with E-state index in [1.807, 2.05) is 0 Å². The van der Waals surface area contributed by atoms with Crippen LogP contribution in [-0.4, -0.2) is 39.2 Å². The zero-order valence-electron chi connectivity index (χ0n) is 14.5. The topological polar surface area (TPSA) is 75.2 Å². The van der Waals surface area contributed by atoms with Crippen molar-refractivity contribution in [1.29, 1.82) is 0 Å². The number of hydrogen-bond acceptors (Lipinski definition) is 4. The molecule has 144 valence electrons. The maximum Gasteiger partial charge on any atom is 0.328 e. The Labute approximate surface area is 158 Å². The quantitative estimate of drug-likeness (QED) is 0.858. The van der Waals surface area contributed by atoms with E-state index in [-0.39, 0.29) is 24.1 Å². The number of carbonyl (C=O) groups excluding carboxylic acids is 1. The number of benzene rings is 1. The van der Waals surface area contributed by atoms with Crippen molar-refractivity contribution in [3.05, 3.63) is 68.5 Å². The predicted molar refractivity (Wildman–Crippen MR) is 98.7 cm³/mol. The molecular weight excluding hydrogens is 376 g/mol. The first kappa shape index (κ1) is 19.3. The standard InChI is InChI=1S/C18H19F2N3O3S/c19-12-1-2-14(20)13(11-12)15-3-6-22(9-10-27-15)17(25)5-8-23-7-4-16(24)21-18(23)26/h1-2,4,7,11,15H,3,5-6,8-10H2,(H,21,24,26)/t15-/m1/s1. The molecule has 0 aliphatic carbocycles. The summed E-state index contributed by atoms with van der Waals surface area (Å²) in [4.78, 5) is 39.0. The van der Waals surface area contributed by atoms with E-state index in [4.69, 9.17) is 0 Å². The molecule has 0 saturated carbocycles. The Bertz CT molecular complexity index is 944. The number of aromatic amines is 1. The van der Waals surface area contributed by atoms with Crippen LogP contribution in [0.1, 0.15) is 23.7 Å². The van der Waals surface area contributed by atoms with E-state index < -0.39 is 22.9 Å². The molecule has 1 aliphatic heterocycles. The van der Waals surface area contributed by atoms with Crippen LogP contribution in [0.3, 0.4) is 0 Å². The summed E-state index contributed by atoms with van der Waals surface area (Å²) in [6, 6.07) is 4.66. The van der Waals surface area contributed by atoms with Crippen LogP contribution in [0.2, 0.25) is 0 Å². The average molecular weight is 395 g/mol. The number of amides is 1. The van der Waals surface area contributed by atoms with Crippen molar-refractivity contribution in [3.63, 3.8) is 0 Å². The Morgan fingerprint density at radius 1 is 1.22 bits per heavy atom. The first-order chi connectivity index (χ1) is 12.9. The minimum Gasteiger partial charge on any atom is -0.342 e. The van der Waals surface area contributed by atoms with Crippen LogP contribution in [0.25, 0.3) is 0 Å². The number of rotatable bonds is 4. The molecule has 9 heteroatoms. The van der Waals surface area contributed by atoms with Gasteiger partial charge in [0, 0.05) is 54.9 Å². The molecule has 0 radical (unpaired) electrons. The number of hydrogen-bond donors (Lipinski definition) is 1. The van der Waals surface area contributed by atoms with E-state index in [0.29, 0.717) is 30.8 Å². The largest absolute Gasteiger partial charge is 0.342 e. The summed E-state index contributed by atoms with van der Waals surface area (Å²) in [5.74, 6) is -0.416. The third-order valence-corrected chi connectivity index (χ3v) is 5.77. The maximum atomic E-state index is 14.0. The van der Waals surface area contributed by atoms with Gasteiger partial charge in [0.1, 0.15) is 11.6 Å². The van der Waals surface area contributed by atoms with Crippen LogP contribution in [0.4, 0.5) is 8.78 Å². The summed E-state index contributed by atoms with van der Waals surface area (Å²) >= 11 is 1.50. The lowest BCUT2D eigenvalue weighted by Gasteiger charge is -2.20. The summed E-state index contributed by atoms with van der Waals surface area (Å²) in [5.41, 5.74) is -0.708. The second kappa shape index (κ2) is 8.51. The number of H-pyrrole nitrogens is 1. The van der Waals surface area contributed by atoms with Gasteiger partial charge in [-0.25, -0.2) is 13.6 Å². The summed E-state index contributed by atoms with van der Waals surface area (Å²) < 4.78 is 28.7. The fourth-order valence-corrected chi connectivity index (χ4v) is 4.27. The maximum absolute atomic E-state index is 14.0. The number of aryl methyl sites for hydroxylation is 1. The lowest BCUT2D eigenvalue weighted by molar-refractivity contribution is -0.131. The predicted octanol–water partition coefficient (Wildman–Crippen LogP) is 1.91. The lowest BCUT2D eigenvalue weighted by Crippen LogP contribution is -2.35. The van der Waals surface area contributed by atoms with Crippen LogP contribution in [0.15, 0.2) is 40.1 Å². The smallest absolute Gasteiger partial charge is 0.328 e. The molecule has 1 atom stereocenters. The molecule has 1 fully saturated rings. The minimum atomic E-state index is -0.552. The first-order valence-corrected chi connectivity index (χ1v) is 9.63. The SMILES string of the molecule is O=C(CCn1ccc(=O)[nH]c1=O)N1CCS[C@@H](c2cc(F)ccc2F)CC1. The third-order valence-electron chi connectivity index (χ3n) is 4.46. The van der Waals surface area contributed by atoms with E-state index in [1.165, 1.54) is 34.7 Å². The Kier molecular flexibility index (Phi) is 6.10. The van der Waals surface area contributed by atoms with E-state index in [9.17, 15) is 23.2 Å². The Morgan fingerprint density at radius 3 is 2.81 bits per heavy atom. The van der Waals surface area contributed by atoms with Gasteiger partial charge in [0.2, 0.25) is 5.91 Å². The van der Waals surface area contributed by atoms with Gasteiger partial charge in [-0.3, -0.25) is 14.6 Å². The van der Waals surface area contributed by atoms with Crippen LogP contribution in [0, 0.1) is 11.6 Å². The number of nitrogens with zero attached hydrogens (tertiary/aromatic N) is 2. The van der Waals surface area contributed by atoms with Crippen LogP contribution in [-0.2, 0) is 11.3 Å². The Balaban J connectivity index is 1.60. The van der Waals surface area contributed by atoms with Crippen molar-refractivity contribution in [3.8, 4) is 0 Å². The molecule has 0 unspecified atom stereocenters. The number of nitrogens with one attached hydrogen (secondary N) is 1. The van der Waals surface area contributed by atoms with Crippen molar-refractivity contribution in [2.24, 2.45) is 0 Å². The highest BCUT2D eigenvalue weighted by molar-refractivity contribution is 7.99. The third kappa shape index (κ3) is 4.85. The molecule has 1 aromatic carbocycles. The van der Waals surface area contributed by atoms with Crippen LogP contribution < -0.4 is 11.2 Å². The molecule has 1 aliphatic rings. The van der Waals surface area contributed by atoms with Crippen molar-refractivity contribution >= 4 is 17.7 Å². The molecule has 1 N–H and O–H groups in total. The highest BCUT2D eigenvalue weighted by atomic mass is 32.2. The number of halogens is 2. The van der Waals surface area contributed by atoms with E-state index in [1.54, 1.807) is 4.90 Å². The molecule has 0 bridgehead atoms. The second-order valence-electron chi connectivity index (χ2n) is 6.25. The summed E-state index contributed by atoms with van der Waals surface area (Å²) in [6.45, 7) is 1.12. The highest BCUT2D eigenvalue weighted by Crippen LogP contribution is 2.36. The molecule has 6 nitrogen and oxygen atoms in total. The summed E-state index contributed by atoms with van der Waals surface area (Å²) in [7, 11) is 0. The van der Waals surface area contributed by atoms with E-state index in [0.717, 1.165) is 12.1 Å². The highest BCUT2D eigenvalue weighted by Gasteiger charge is 2.24. The van der Waals surface area contributed by atoms with Gasteiger partial charge < -0.3 is 9.47 Å². The number of aromatic nitrogens is 2. The van der Waals surface area contributed by atoms with Gasteiger partial charge >= 0.3 is 5.69 Å². The molecule has 1 saturated heterocycles. The molecule has 1 aromatic heterocycles. The van der Waals surface area contributed by atoms with Crippen molar-refractivity contribution in [2.45, 2.75) is 24.6 Å². The van der Waals surface area contributed by atoms with Gasteiger partial charge in [-0.1, -0.05) is 0 Å². The molecule has 27 heavy (non-hydrogen) atoms. The molecule has 1 amide bonds. The Morgan fingerprint density at radius 2 is 2.04 bits per heavy atom. The zero-order valence-corrected chi connectivity index (χ0v) is 15.3. The van der Waals surface area contributed by atoms with Gasteiger partial charge in [-0.2, -0.15) is 11.8 Å². The van der Waals surface area contributed by atoms with Crippen molar-refractivity contribution in [2.75, 3.05) is 18.8 Å². The van der Waals surface area contributed by atoms with Gasteiger partial charge in [-0.05, 0) is 24.6 Å². The molecule has 0 spiro atoms. The van der Waals surface area contributed by atoms with E-state index in [2.05, 4.69) is 4.98 Å². The monoisotopic (exact) mass is 395 g/mol. The second-order valence-corrected chi connectivity index (χ2v) is 7.56. The van der Waals surface area contributed by atoms with E-state index >= 15 is 0 Å². The lowest BCUT2D eigenvalue weighted by atomic mass is 10.1. The number of carbonyl (C=O) groups is 1. The fraction of sp³-hybridized carbons (Fsp3) is 0.389.